The van der Waals surface area contributed by atoms with Crippen LogP contribution in [0.3, 0.4) is 0 Å². The molecule has 3 heterocycles. The maximum atomic E-state index is 4.85. The fourth-order valence-electron chi connectivity index (χ4n) is 6.47. The summed E-state index contributed by atoms with van der Waals surface area (Å²) >= 11 is 0. The molecule has 6 aromatic carbocycles. The van der Waals surface area contributed by atoms with Crippen LogP contribution in [0.15, 0.2) is 146 Å². The summed E-state index contributed by atoms with van der Waals surface area (Å²) in [7, 11) is 0. The fraction of sp³-hybridized carbons (Fsp3) is 0. The smallest absolute Gasteiger partial charge is 0.234 e. The van der Waals surface area contributed by atoms with E-state index in [4.69, 9.17) is 9.97 Å². The second-order valence-electron chi connectivity index (χ2n) is 10.8. The Morgan fingerprint density at radius 3 is 1.50 bits per heavy atom. The van der Waals surface area contributed by atoms with Crippen LogP contribution in [0.25, 0.3) is 77.1 Å². The summed E-state index contributed by atoms with van der Waals surface area (Å²) in [6.45, 7) is 0. The molecule has 0 fully saturated rings. The molecule has 0 unspecified atom stereocenters. The summed E-state index contributed by atoms with van der Waals surface area (Å²) in [6, 6.07) is 47.4. The molecule has 0 saturated heterocycles. The summed E-state index contributed by atoms with van der Waals surface area (Å²) in [6.07, 6.45) is 3.84. The molecule has 0 bridgehead atoms. The number of benzene rings is 6. The normalized spacial score (nSPS) is 11.8. The molecule has 9 rings (SSSR count). The van der Waals surface area contributed by atoms with Crippen molar-refractivity contribution in [3.8, 4) is 22.8 Å². The molecule has 0 spiro atoms. The quantitative estimate of drug-likeness (QED) is 0.225. The number of hydrogen-bond acceptors (Lipinski definition) is 2. The molecular weight excluding hydrogens is 512 g/mol. The van der Waals surface area contributed by atoms with Crippen molar-refractivity contribution in [2.45, 2.75) is 0 Å². The lowest BCUT2D eigenvalue weighted by Crippen LogP contribution is -2.00. The van der Waals surface area contributed by atoms with Crippen molar-refractivity contribution < 1.29 is 0 Å². The van der Waals surface area contributed by atoms with Crippen LogP contribution >= 0.6 is 0 Å². The monoisotopic (exact) mass is 536 g/mol. The number of hydrogen-bond donors (Lipinski definition) is 0. The predicted molar refractivity (Wildman–Crippen MR) is 174 cm³/mol. The number of aromatic nitrogens is 4. The lowest BCUT2D eigenvalue weighted by Gasteiger charge is -2.09. The zero-order valence-electron chi connectivity index (χ0n) is 22.6. The van der Waals surface area contributed by atoms with Gasteiger partial charge in [0.25, 0.3) is 0 Å². The van der Waals surface area contributed by atoms with Gasteiger partial charge in [0.05, 0.1) is 22.1 Å². The first-order valence-corrected chi connectivity index (χ1v) is 14.2. The molecule has 0 radical (unpaired) electrons. The van der Waals surface area contributed by atoms with Gasteiger partial charge in [-0.2, -0.15) is 0 Å². The van der Waals surface area contributed by atoms with Gasteiger partial charge in [-0.15, -0.1) is 0 Å². The van der Waals surface area contributed by atoms with Crippen LogP contribution in [0.1, 0.15) is 0 Å². The maximum absolute atomic E-state index is 4.85. The largest absolute Gasteiger partial charge is 0.309 e. The molecule has 0 aliphatic carbocycles. The van der Waals surface area contributed by atoms with Crippen molar-refractivity contribution in [2.24, 2.45) is 0 Å². The molecule has 0 aliphatic heterocycles. The highest BCUT2D eigenvalue weighted by atomic mass is 15.1. The summed E-state index contributed by atoms with van der Waals surface area (Å²) in [5.74, 6) is 0.669. The predicted octanol–water partition coefficient (Wildman–Crippen LogP) is 9.49. The summed E-state index contributed by atoms with van der Waals surface area (Å²) in [4.78, 5) is 9.71. The number of rotatable bonds is 3. The third-order valence-electron chi connectivity index (χ3n) is 8.38. The van der Waals surface area contributed by atoms with Crippen molar-refractivity contribution in [3.63, 3.8) is 0 Å². The highest BCUT2D eigenvalue weighted by molar-refractivity contribution is 6.18. The van der Waals surface area contributed by atoms with Gasteiger partial charge in [0, 0.05) is 45.2 Å². The minimum absolute atomic E-state index is 0.669. The van der Waals surface area contributed by atoms with Crippen LogP contribution in [-0.4, -0.2) is 19.1 Å². The van der Waals surface area contributed by atoms with E-state index in [2.05, 4.69) is 124 Å². The molecule has 0 amide bonds. The lowest BCUT2D eigenvalue weighted by molar-refractivity contribution is 0.990. The van der Waals surface area contributed by atoms with Crippen molar-refractivity contribution >= 4 is 54.4 Å². The summed E-state index contributed by atoms with van der Waals surface area (Å²) in [5, 5.41) is 7.27. The Kier molecular flexibility index (Phi) is 4.87. The molecule has 42 heavy (non-hydrogen) atoms. The van der Waals surface area contributed by atoms with Crippen LogP contribution in [0, 0.1) is 0 Å². The molecule has 196 valence electrons. The molecule has 0 aliphatic rings. The van der Waals surface area contributed by atoms with Gasteiger partial charge >= 0.3 is 0 Å². The molecule has 4 nitrogen and oxygen atoms in total. The van der Waals surface area contributed by atoms with Gasteiger partial charge in [0.15, 0.2) is 0 Å². The average Bonchev–Trinajstić information content (AvgIpc) is 3.55. The first-order valence-electron chi connectivity index (χ1n) is 14.2. The van der Waals surface area contributed by atoms with E-state index in [1.807, 2.05) is 30.6 Å². The second-order valence-corrected chi connectivity index (χ2v) is 10.8. The van der Waals surface area contributed by atoms with Crippen LogP contribution in [0.2, 0.25) is 0 Å². The Balaban J connectivity index is 1.32. The first kappa shape index (κ1) is 23.0. The van der Waals surface area contributed by atoms with Gasteiger partial charge in [0.2, 0.25) is 5.95 Å². The summed E-state index contributed by atoms with van der Waals surface area (Å²) < 4.78 is 4.57. The number of nitrogens with zero attached hydrogens (tertiary/aromatic N) is 4. The standard InChI is InChI=1S/C38H24N4/c1-3-11-25(12-4-1)28-23-39-38(40-24-28)42-35-18-10-8-16-31(35)33-20-26-21-36-32(19-27(26)22-37(33)42)30-15-7-9-17-34(30)41(36)29-13-5-2-6-14-29/h1-24H. The van der Waals surface area contributed by atoms with E-state index in [1.165, 1.54) is 43.4 Å². The van der Waals surface area contributed by atoms with E-state index in [0.29, 0.717) is 5.95 Å². The van der Waals surface area contributed by atoms with E-state index >= 15 is 0 Å². The zero-order valence-corrected chi connectivity index (χ0v) is 22.6. The molecular formula is C38H24N4. The van der Waals surface area contributed by atoms with Gasteiger partial charge in [-0.1, -0.05) is 84.9 Å². The zero-order chi connectivity index (χ0) is 27.6. The SMILES string of the molecule is c1ccc(-c2cnc(-n3c4ccccc4c4cc5cc6c(cc5cc43)c3ccccc3n6-c3ccccc3)nc2)cc1. The van der Waals surface area contributed by atoms with E-state index in [9.17, 15) is 0 Å². The summed E-state index contributed by atoms with van der Waals surface area (Å²) in [5.41, 5.74) is 7.88. The van der Waals surface area contributed by atoms with Crippen molar-refractivity contribution in [2.75, 3.05) is 0 Å². The Morgan fingerprint density at radius 1 is 0.381 bits per heavy atom. The van der Waals surface area contributed by atoms with Crippen LogP contribution in [0.4, 0.5) is 0 Å². The van der Waals surface area contributed by atoms with Crippen LogP contribution in [-0.2, 0) is 0 Å². The Morgan fingerprint density at radius 2 is 0.881 bits per heavy atom. The van der Waals surface area contributed by atoms with Gasteiger partial charge < -0.3 is 4.57 Å². The molecule has 0 atom stereocenters. The topological polar surface area (TPSA) is 35.6 Å². The van der Waals surface area contributed by atoms with Gasteiger partial charge in [0.1, 0.15) is 0 Å². The van der Waals surface area contributed by atoms with Crippen molar-refractivity contribution in [1.29, 1.82) is 0 Å². The third kappa shape index (κ3) is 3.36. The Labute approximate surface area is 241 Å². The van der Waals surface area contributed by atoms with Crippen LogP contribution < -0.4 is 0 Å². The van der Waals surface area contributed by atoms with E-state index in [-0.39, 0.29) is 0 Å². The highest BCUT2D eigenvalue weighted by Crippen LogP contribution is 2.38. The van der Waals surface area contributed by atoms with Gasteiger partial charge in [-0.3, -0.25) is 4.57 Å². The van der Waals surface area contributed by atoms with Gasteiger partial charge in [-0.05, 0) is 64.9 Å². The maximum Gasteiger partial charge on any atom is 0.234 e. The minimum atomic E-state index is 0.669. The van der Waals surface area contributed by atoms with Gasteiger partial charge in [-0.25, -0.2) is 9.97 Å². The first-order chi connectivity index (χ1) is 20.8. The fourth-order valence-corrected chi connectivity index (χ4v) is 6.47. The molecule has 4 heteroatoms. The third-order valence-corrected chi connectivity index (χ3v) is 8.38. The Bertz CT molecular complexity index is 2430. The lowest BCUT2D eigenvalue weighted by atomic mass is 10.0. The van der Waals surface area contributed by atoms with E-state index in [1.54, 1.807) is 0 Å². The molecule has 9 aromatic rings. The van der Waals surface area contributed by atoms with E-state index < -0.39 is 0 Å². The molecule has 3 aromatic heterocycles. The molecule has 0 N–H and O–H groups in total. The van der Waals surface area contributed by atoms with Crippen molar-refractivity contribution in [1.82, 2.24) is 19.1 Å². The van der Waals surface area contributed by atoms with Crippen LogP contribution in [0.5, 0.6) is 0 Å². The van der Waals surface area contributed by atoms with Crippen molar-refractivity contribution in [3.05, 3.63) is 146 Å². The average molecular weight is 537 g/mol. The minimum Gasteiger partial charge on any atom is -0.309 e. The highest BCUT2D eigenvalue weighted by Gasteiger charge is 2.17. The number of para-hydroxylation sites is 3. The second kappa shape index (κ2) is 8.88. The number of fused-ring (bicyclic) bond motifs is 7. The van der Waals surface area contributed by atoms with E-state index in [0.717, 1.165) is 27.8 Å². The Hall–Kier alpha value is -5.74. The molecule has 0 saturated carbocycles.